The third-order valence-electron chi connectivity index (χ3n) is 1.72. The van der Waals surface area contributed by atoms with Crippen molar-refractivity contribution in [2.45, 2.75) is 44.4 Å². The zero-order chi connectivity index (χ0) is 8.53. The first kappa shape index (κ1) is 11.2. The smallest absolute Gasteiger partial charge is 0.0626 e. The number of rotatable bonds is 7. The van der Waals surface area contributed by atoms with Crippen LogP contribution in [0.2, 0.25) is 0 Å². The van der Waals surface area contributed by atoms with Gasteiger partial charge in [-0.1, -0.05) is 32.6 Å². The molecule has 0 bridgehead atoms. The Bertz CT molecular complexity index is 76.0. The molecule has 0 spiro atoms. The molecule has 1 unspecified atom stereocenters. The minimum Gasteiger partial charge on any atom is -0.383 e. The maximum Gasteiger partial charge on any atom is 0.0626 e. The van der Waals surface area contributed by atoms with E-state index in [2.05, 4.69) is 6.92 Å². The van der Waals surface area contributed by atoms with Crippen molar-refractivity contribution in [3.05, 3.63) is 0 Å². The summed E-state index contributed by atoms with van der Waals surface area (Å²) in [6.45, 7) is 2.90. The topological polar surface area (TPSA) is 9.23 Å². The lowest BCUT2D eigenvalue weighted by molar-refractivity contribution is 0.194. The van der Waals surface area contributed by atoms with E-state index in [-0.39, 0.29) is 5.38 Å². The van der Waals surface area contributed by atoms with Crippen LogP contribution in [0.1, 0.15) is 39.0 Å². The van der Waals surface area contributed by atoms with Crippen LogP contribution in [0.4, 0.5) is 0 Å². The molecule has 0 aliphatic rings. The molecule has 0 saturated heterocycles. The fourth-order valence-corrected chi connectivity index (χ4v) is 1.34. The Balaban J connectivity index is 2.97. The average Bonchev–Trinajstić information content (AvgIpc) is 1.99. The third kappa shape index (κ3) is 8.15. The van der Waals surface area contributed by atoms with Crippen LogP contribution in [0.5, 0.6) is 0 Å². The summed E-state index contributed by atoms with van der Waals surface area (Å²) in [7, 11) is 1.70. The maximum atomic E-state index is 5.93. The molecule has 0 fully saturated rings. The van der Waals surface area contributed by atoms with Crippen LogP contribution in [0, 0.1) is 0 Å². The molecule has 0 rings (SSSR count). The van der Waals surface area contributed by atoms with Crippen molar-refractivity contribution in [3.63, 3.8) is 0 Å². The molecule has 0 N–H and O–H groups in total. The molecular weight excluding hydrogens is 160 g/mol. The van der Waals surface area contributed by atoms with Gasteiger partial charge in [-0.15, -0.1) is 11.6 Å². The normalized spacial score (nSPS) is 13.4. The highest BCUT2D eigenvalue weighted by molar-refractivity contribution is 6.20. The molecular formula is C9H19ClO. The summed E-state index contributed by atoms with van der Waals surface area (Å²) in [6, 6.07) is 0. The summed E-state index contributed by atoms with van der Waals surface area (Å²) in [6.07, 6.45) is 6.26. The van der Waals surface area contributed by atoms with Crippen molar-refractivity contribution < 1.29 is 4.74 Å². The first-order valence-corrected chi connectivity index (χ1v) is 4.88. The molecule has 0 radical (unpaired) electrons. The monoisotopic (exact) mass is 178 g/mol. The largest absolute Gasteiger partial charge is 0.383 e. The van der Waals surface area contributed by atoms with Crippen molar-refractivity contribution in [1.82, 2.24) is 0 Å². The zero-order valence-corrected chi connectivity index (χ0v) is 8.36. The van der Waals surface area contributed by atoms with Crippen molar-refractivity contribution in [3.8, 4) is 0 Å². The van der Waals surface area contributed by atoms with Gasteiger partial charge < -0.3 is 4.74 Å². The summed E-state index contributed by atoms with van der Waals surface area (Å²) >= 11 is 5.93. The van der Waals surface area contributed by atoms with E-state index in [1.165, 1.54) is 25.7 Å². The van der Waals surface area contributed by atoms with Gasteiger partial charge in [-0.3, -0.25) is 0 Å². The Morgan fingerprint density at radius 3 is 2.55 bits per heavy atom. The molecule has 68 valence electrons. The minimum atomic E-state index is 0.219. The first-order valence-electron chi connectivity index (χ1n) is 4.44. The van der Waals surface area contributed by atoms with E-state index in [4.69, 9.17) is 16.3 Å². The van der Waals surface area contributed by atoms with E-state index < -0.39 is 0 Å². The summed E-state index contributed by atoms with van der Waals surface area (Å²) in [5.74, 6) is 0. The van der Waals surface area contributed by atoms with Gasteiger partial charge in [-0.25, -0.2) is 0 Å². The number of halogens is 1. The standard InChI is InChI=1S/C9H19ClO/c1-3-4-5-6-7-9(10)8-11-2/h9H,3-8H2,1-2H3. The van der Waals surface area contributed by atoms with Gasteiger partial charge in [0.1, 0.15) is 0 Å². The maximum absolute atomic E-state index is 5.93. The lowest BCUT2D eigenvalue weighted by Crippen LogP contribution is -2.06. The molecule has 0 aliphatic heterocycles. The van der Waals surface area contributed by atoms with Crippen molar-refractivity contribution in [2.75, 3.05) is 13.7 Å². The predicted molar refractivity (Wildman–Crippen MR) is 50.3 cm³/mol. The number of hydrogen-bond acceptors (Lipinski definition) is 1. The number of unbranched alkanes of at least 4 members (excludes halogenated alkanes) is 3. The van der Waals surface area contributed by atoms with Gasteiger partial charge in [0.15, 0.2) is 0 Å². The van der Waals surface area contributed by atoms with Gasteiger partial charge in [0.25, 0.3) is 0 Å². The van der Waals surface area contributed by atoms with Gasteiger partial charge in [-0.05, 0) is 6.42 Å². The van der Waals surface area contributed by atoms with Crippen LogP contribution in [0.3, 0.4) is 0 Å². The Morgan fingerprint density at radius 2 is 2.00 bits per heavy atom. The molecule has 2 heteroatoms. The Hall–Kier alpha value is 0.250. The second-order valence-electron chi connectivity index (χ2n) is 2.90. The van der Waals surface area contributed by atoms with Crippen molar-refractivity contribution in [2.24, 2.45) is 0 Å². The summed E-state index contributed by atoms with van der Waals surface area (Å²) in [5.41, 5.74) is 0. The molecule has 0 saturated carbocycles. The number of hydrogen-bond donors (Lipinski definition) is 0. The van der Waals surface area contributed by atoms with Crippen LogP contribution in [0.25, 0.3) is 0 Å². The van der Waals surface area contributed by atoms with Crippen LogP contribution in [-0.4, -0.2) is 19.1 Å². The molecule has 0 aromatic carbocycles. The highest BCUT2D eigenvalue weighted by Gasteiger charge is 2.01. The lowest BCUT2D eigenvalue weighted by atomic mass is 10.1. The molecule has 0 aromatic rings. The van der Waals surface area contributed by atoms with Crippen molar-refractivity contribution in [1.29, 1.82) is 0 Å². The Labute approximate surface area is 75.1 Å². The van der Waals surface area contributed by atoms with Gasteiger partial charge in [0.2, 0.25) is 0 Å². The SMILES string of the molecule is CCCCCCC(Cl)COC. The van der Waals surface area contributed by atoms with E-state index in [1.54, 1.807) is 7.11 Å². The van der Waals surface area contributed by atoms with Crippen LogP contribution >= 0.6 is 11.6 Å². The number of methoxy groups -OCH3 is 1. The van der Waals surface area contributed by atoms with Crippen LogP contribution in [-0.2, 0) is 4.74 Å². The Morgan fingerprint density at radius 1 is 1.27 bits per heavy atom. The van der Waals surface area contributed by atoms with E-state index in [0.29, 0.717) is 6.61 Å². The molecule has 0 heterocycles. The average molecular weight is 179 g/mol. The third-order valence-corrected chi connectivity index (χ3v) is 2.06. The van der Waals surface area contributed by atoms with E-state index in [1.807, 2.05) is 0 Å². The Kier molecular flexibility index (Phi) is 8.54. The van der Waals surface area contributed by atoms with E-state index in [9.17, 15) is 0 Å². The zero-order valence-electron chi connectivity index (χ0n) is 7.61. The highest BCUT2D eigenvalue weighted by Crippen LogP contribution is 2.09. The second kappa shape index (κ2) is 8.35. The molecule has 0 amide bonds. The quantitative estimate of drug-likeness (QED) is 0.430. The predicted octanol–water partition coefficient (Wildman–Crippen LogP) is 3.21. The lowest BCUT2D eigenvalue weighted by Gasteiger charge is -2.06. The molecule has 0 aromatic heterocycles. The summed E-state index contributed by atoms with van der Waals surface area (Å²) < 4.78 is 4.93. The first-order chi connectivity index (χ1) is 5.31. The molecule has 1 nitrogen and oxygen atoms in total. The summed E-state index contributed by atoms with van der Waals surface area (Å²) in [5, 5.41) is 0.219. The molecule has 11 heavy (non-hydrogen) atoms. The van der Waals surface area contributed by atoms with E-state index in [0.717, 1.165) is 6.42 Å². The second-order valence-corrected chi connectivity index (χ2v) is 3.52. The highest BCUT2D eigenvalue weighted by atomic mass is 35.5. The van der Waals surface area contributed by atoms with Crippen LogP contribution in [0.15, 0.2) is 0 Å². The minimum absolute atomic E-state index is 0.219. The fourth-order valence-electron chi connectivity index (χ4n) is 1.06. The molecule has 0 aliphatic carbocycles. The van der Waals surface area contributed by atoms with Crippen molar-refractivity contribution >= 4 is 11.6 Å². The van der Waals surface area contributed by atoms with E-state index >= 15 is 0 Å². The van der Waals surface area contributed by atoms with Gasteiger partial charge in [0.05, 0.1) is 12.0 Å². The van der Waals surface area contributed by atoms with Crippen LogP contribution < -0.4 is 0 Å². The fraction of sp³-hybridized carbons (Fsp3) is 1.00. The van der Waals surface area contributed by atoms with Gasteiger partial charge in [-0.2, -0.15) is 0 Å². The summed E-state index contributed by atoms with van der Waals surface area (Å²) in [4.78, 5) is 0. The number of ether oxygens (including phenoxy) is 1. The number of alkyl halides is 1. The van der Waals surface area contributed by atoms with Gasteiger partial charge >= 0.3 is 0 Å². The van der Waals surface area contributed by atoms with Gasteiger partial charge in [0, 0.05) is 7.11 Å². The molecule has 1 atom stereocenters.